The average Bonchev–Trinajstić information content (AvgIpc) is 2.53. The Hall–Kier alpha value is -1.92. The summed E-state index contributed by atoms with van der Waals surface area (Å²) in [6, 6.07) is 7.07. The van der Waals surface area contributed by atoms with Crippen molar-refractivity contribution in [3.8, 4) is 0 Å². The lowest BCUT2D eigenvalue weighted by molar-refractivity contribution is -0.156. The Morgan fingerprint density at radius 3 is 2.61 bits per heavy atom. The first-order valence-corrected chi connectivity index (χ1v) is 8.02. The number of hydrogen-bond acceptors (Lipinski definition) is 4. The molecule has 2 aliphatic heterocycles. The van der Waals surface area contributed by atoms with Crippen molar-refractivity contribution in [2.45, 2.75) is 38.6 Å². The Balaban J connectivity index is 1.67. The van der Waals surface area contributed by atoms with Crippen molar-refractivity contribution in [3.63, 3.8) is 0 Å². The first kappa shape index (κ1) is 16.0. The molecule has 0 unspecified atom stereocenters. The van der Waals surface area contributed by atoms with Crippen LogP contribution in [0.1, 0.15) is 18.1 Å². The molecule has 0 radical (unpaired) electrons. The lowest BCUT2D eigenvalue weighted by Crippen LogP contribution is -2.70. The van der Waals surface area contributed by atoms with Gasteiger partial charge in [0.2, 0.25) is 11.8 Å². The van der Waals surface area contributed by atoms with E-state index in [4.69, 9.17) is 0 Å². The van der Waals surface area contributed by atoms with E-state index in [2.05, 4.69) is 41.4 Å². The summed E-state index contributed by atoms with van der Waals surface area (Å²) in [5.41, 5.74) is 2.42. The van der Waals surface area contributed by atoms with Gasteiger partial charge in [-0.25, -0.2) is 0 Å². The fourth-order valence-electron chi connectivity index (χ4n) is 3.24. The van der Waals surface area contributed by atoms with Crippen LogP contribution in [0.25, 0.3) is 0 Å². The minimum Gasteiger partial charge on any atom is -0.391 e. The monoisotopic (exact) mass is 317 g/mol. The number of nitrogens with zero attached hydrogens (tertiary/aromatic N) is 2. The zero-order valence-electron chi connectivity index (χ0n) is 13.5. The fourth-order valence-corrected chi connectivity index (χ4v) is 3.24. The van der Waals surface area contributed by atoms with Gasteiger partial charge in [-0.05, 0) is 19.4 Å². The van der Waals surface area contributed by atoms with Crippen LogP contribution in [-0.4, -0.2) is 64.5 Å². The van der Waals surface area contributed by atoms with E-state index < -0.39 is 18.2 Å². The zero-order valence-corrected chi connectivity index (χ0v) is 13.5. The molecule has 1 aromatic carbocycles. The number of hydrogen-bond donors (Lipinski definition) is 2. The molecule has 2 N–H and O–H groups in total. The lowest BCUT2D eigenvalue weighted by Gasteiger charge is -2.45. The van der Waals surface area contributed by atoms with Crippen molar-refractivity contribution in [2.24, 2.45) is 0 Å². The molecule has 2 amide bonds. The number of aliphatic hydroxyl groups is 1. The third-order valence-electron chi connectivity index (χ3n) is 4.62. The third-order valence-corrected chi connectivity index (χ3v) is 4.62. The molecular weight excluding hydrogens is 294 g/mol. The Labute approximate surface area is 136 Å². The largest absolute Gasteiger partial charge is 0.391 e. The van der Waals surface area contributed by atoms with Crippen LogP contribution in [-0.2, 0) is 16.1 Å². The topological polar surface area (TPSA) is 72.9 Å². The van der Waals surface area contributed by atoms with E-state index in [1.165, 1.54) is 18.1 Å². The maximum atomic E-state index is 12.4. The summed E-state index contributed by atoms with van der Waals surface area (Å²) in [6.07, 6.45) is -0.877. The van der Waals surface area contributed by atoms with Crippen molar-refractivity contribution < 1.29 is 14.7 Å². The molecule has 23 heavy (non-hydrogen) atoms. The van der Waals surface area contributed by atoms with Crippen LogP contribution in [0.4, 0.5) is 0 Å². The van der Waals surface area contributed by atoms with Crippen LogP contribution in [0.5, 0.6) is 0 Å². The summed E-state index contributed by atoms with van der Waals surface area (Å²) in [6.45, 7) is 6.13. The Morgan fingerprint density at radius 1 is 1.26 bits per heavy atom. The van der Waals surface area contributed by atoms with Gasteiger partial charge in [-0.15, -0.1) is 0 Å². The molecule has 124 valence electrons. The first-order valence-electron chi connectivity index (χ1n) is 8.02. The first-order chi connectivity index (χ1) is 11.0. The molecule has 2 aliphatic rings. The van der Waals surface area contributed by atoms with Crippen LogP contribution in [0.15, 0.2) is 24.3 Å². The van der Waals surface area contributed by atoms with E-state index in [1.807, 2.05) is 0 Å². The minimum atomic E-state index is -0.877. The lowest BCUT2D eigenvalue weighted by atomic mass is 10.0. The number of piperazine rings is 2. The molecule has 0 aromatic heterocycles. The van der Waals surface area contributed by atoms with E-state index >= 15 is 0 Å². The smallest absolute Gasteiger partial charge is 0.248 e. The standard InChI is InChI=1S/C17H23N3O3/c1-11-3-5-13(6-4-11)9-19-7-8-20-14(10-19)16(22)18-15(12(2)21)17(20)23/h3-6,12,14-15,21H,7-10H2,1-2H3,(H,18,22)/t12-,14-,15+/m1/s1. The molecule has 0 saturated carbocycles. The van der Waals surface area contributed by atoms with Crippen LogP contribution in [0, 0.1) is 6.92 Å². The van der Waals surface area contributed by atoms with Gasteiger partial charge in [-0.1, -0.05) is 29.8 Å². The Morgan fingerprint density at radius 2 is 1.96 bits per heavy atom. The van der Waals surface area contributed by atoms with E-state index in [0.29, 0.717) is 13.1 Å². The molecule has 6 heteroatoms. The molecule has 1 aromatic rings. The van der Waals surface area contributed by atoms with Crippen molar-refractivity contribution in [1.82, 2.24) is 15.1 Å². The van der Waals surface area contributed by atoms with E-state index in [-0.39, 0.29) is 11.8 Å². The molecule has 0 bridgehead atoms. The Kier molecular flexibility index (Phi) is 4.37. The molecular formula is C17H23N3O3. The van der Waals surface area contributed by atoms with Gasteiger partial charge < -0.3 is 15.3 Å². The van der Waals surface area contributed by atoms with Gasteiger partial charge in [0.25, 0.3) is 0 Å². The highest BCUT2D eigenvalue weighted by Crippen LogP contribution is 2.19. The van der Waals surface area contributed by atoms with Gasteiger partial charge in [-0.3, -0.25) is 14.5 Å². The maximum absolute atomic E-state index is 12.4. The Bertz CT molecular complexity index is 600. The summed E-state index contributed by atoms with van der Waals surface area (Å²) >= 11 is 0. The second-order valence-corrected chi connectivity index (χ2v) is 6.50. The summed E-state index contributed by atoms with van der Waals surface area (Å²) < 4.78 is 0. The van der Waals surface area contributed by atoms with Gasteiger partial charge in [0.05, 0.1) is 6.10 Å². The predicted molar refractivity (Wildman–Crippen MR) is 85.6 cm³/mol. The number of rotatable bonds is 3. The number of nitrogens with one attached hydrogen (secondary N) is 1. The summed E-state index contributed by atoms with van der Waals surface area (Å²) in [7, 11) is 0. The number of benzene rings is 1. The van der Waals surface area contributed by atoms with E-state index in [0.717, 1.165) is 13.1 Å². The molecule has 2 heterocycles. The molecule has 2 fully saturated rings. The van der Waals surface area contributed by atoms with Crippen LogP contribution < -0.4 is 5.32 Å². The van der Waals surface area contributed by atoms with Crippen molar-refractivity contribution in [2.75, 3.05) is 19.6 Å². The maximum Gasteiger partial charge on any atom is 0.248 e. The van der Waals surface area contributed by atoms with Crippen molar-refractivity contribution >= 4 is 11.8 Å². The second kappa shape index (κ2) is 6.29. The summed E-state index contributed by atoms with van der Waals surface area (Å²) in [5.74, 6) is -0.358. The van der Waals surface area contributed by atoms with Crippen LogP contribution >= 0.6 is 0 Å². The second-order valence-electron chi connectivity index (χ2n) is 6.50. The highest BCUT2D eigenvalue weighted by atomic mass is 16.3. The van der Waals surface area contributed by atoms with E-state index in [9.17, 15) is 14.7 Å². The molecule has 2 saturated heterocycles. The fraction of sp³-hybridized carbons (Fsp3) is 0.529. The van der Waals surface area contributed by atoms with Gasteiger partial charge in [0, 0.05) is 26.2 Å². The summed E-state index contributed by atoms with van der Waals surface area (Å²) in [4.78, 5) is 28.5. The van der Waals surface area contributed by atoms with Gasteiger partial charge in [0.1, 0.15) is 12.1 Å². The highest BCUT2D eigenvalue weighted by Gasteiger charge is 2.44. The SMILES string of the molecule is Cc1ccc(CN2CCN3C(=O)[C@H]([C@@H](C)O)NC(=O)[C@H]3C2)cc1. The number of fused-ring (bicyclic) bond motifs is 1. The van der Waals surface area contributed by atoms with Crippen LogP contribution in [0.3, 0.4) is 0 Å². The molecule has 3 rings (SSSR count). The van der Waals surface area contributed by atoms with Gasteiger partial charge in [0.15, 0.2) is 0 Å². The molecule has 6 nitrogen and oxygen atoms in total. The quantitative estimate of drug-likeness (QED) is 0.816. The number of amides is 2. The molecule has 0 spiro atoms. The van der Waals surface area contributed by atoms with Crippen LogP contribution in [0.2, 0.25) is 0 Å². The summed E-state index contributed by atoms with van der Waals surface area (Å²) in [5, 5.41) is 12.3. The molecule has 3 atom stereocenters. The predicted octanol–water partition coefficient (Wildman–Crippen LogP) is -0.113. The van der Waals surface area contributed by atoms with E-state index in [1.54, 1.807) is 4.90 Å². The third kappa shape index (κ3) is 3.23. The highest BCUT2D eigenvalue weighted by molar-refractivity contribution is 5.97. The molecule has 0 aliphatic carbocycles. The minimum absolute atomic E-state index is 0.177. The van der Waals surface area contributed by atoms with Gasteiger partial charge >= 0.3 is 0 Å². The number of carbonyl (C=O) groups excluding carboxylic acids is 2. The number of aliphatic hydroxyl groups excluding tert-OH is 1. The van der Waals surface area contributed by atoms with Gasteiger partial charge in [-0.2, -0.15) is 0 Å². The average molecular weight is 317 g/mol. The van der Waals surface area contributed by atoms with Crippen molar-refractivity contribution in [1.29, 1.82) is 0 Å². The van der Waals surface area contributed by atoms with Crippen molar-refractivity contribution in [3.05, 3.63) is 35.4 Å². The normalized spacial score (nSPS) is 26.7. The number of aryl methyl sites for hydroxylation is 1. The number of carbonyl (C=O) groups is 2. The zero-order chi connectivity index (χ0) is 16.6.